The number of allylic oxidation sites excluding steroid dienone is 1. The first-order valence-corrected chi connectivity index (χ1v) is 9.62. The van der Waals surface area contributed by atoms with Crippen molar-refractivity contribution in [3.63, 3.8) is 0 Å². The summed E-state index contributed by atoms with van der Waals surface area (Å²) in [6, 6.07) is 7.14. The molecule has 0 heterocycles. The lowest BCUT2D eigenvalue weighted by molar-refractivity contribution is 0.575. The first-order chi connectivity index (χ1) is 10.1. The number of hydrogen-bond acceptors (Lipinski definition) is 2. The first-order valence-electron chi connectivity index (χ1n) is 7.96. The SMILES string of the molecule is C=CCCCCCCCCCS(=O)(=O)c1ccc(C)cc1. The molecule has 21 heavy (non-hydrogen) atoms. The van der Waals surface area contributed by atoms with Crippen molar-refractivity contribution >= 4 is 9.84 Å². The van der Waals surface area contributed by atoms with E-state index in [0.717, 1.165) is 31.2 Å². The molecule has 0 saturated carbocycles. The molecule has 0 spiro atoms. The highest BCUT2D eigenvalue weighted by atomic mass is 32.2. The number of unbranched alkanes of at least 4 members (excludes halogenated alkanes) is 7. The number of sulfone groups is 1. The highest BCUT2D eigenvalue weighted by Crippen LogP contribution is 2.15. The summed E-state index contributed by atoms with van der Waals surface area (Å²) >= 11 is 0. The van der Waals surface area contributed by atoms with Gasteiger partial charge < -0.3 is 0 Å². The van der Waals surface area contributed by atoms with Gasteiger partial charge in [-0.1, -0.05) is 55.9 Å². The maximum Gasteiger partial charge on any atom is 0.178 e. The topological polar surface area (TPSA) is 34.1 Å². The quantitative estimate of drug-likeness (QED) is 0.422. The summed E-state index contributed by atoms with van der Waals surface area (Å²) in [4.78, 5) is 0.456. The molecule has 0 N–H and O–H groups in total. The van der Waals surface area contributed by atoms with Gasteiger partial charge in [-0.3, -0.25) is 0 Å². The molecule has 118 valence electrons. The van der Waals surface area contributed by atoms with Crippen LogP contribution < -0.4 is 0 Å². The lowest BCUT2D eigenvalue weighted by atomic mass is 10.1. The summed E-state index contributed by atoms with van der Waals surface area (Å²) in [5.41, 5.74) is 1.09. The van der Waals surface area contributed by atoms with Crippen molar-refractivity contribution in [1.82, 2.24) is 0 Å². The van der Waals surface area contributed by atoms with E-state index in [1.54, 1.807) is 12.1 Å². The maximum absolute atomic E-state index is 12.1. The number of aryl methyl sites for hydroxylation is 1. The lowest BCUT2D eigenvalue weighted by Crippen LogP contribution is -2.06. The zero-order chi connectivity index (χ0) is 15.6. The molecule has 1 rings (SSSR count). The van der Waals surface area contributed by atoms with Gasteiger partial charge in [0.1, 0.15) is 0 Å². The molecule has 0 aliphatic carbocycles. The average Bonchev–Trinajstić information content (AvgIpc) is 2.46. The van der Waals surface area contributed by atoms with Crippen molar-refractivity contribution in [2.75, 3.05) is 5.75 Å². The third-order valence-electron chi connectivity index (χ3n) is 3.70. The molecular weight excluding hydrogens is 280 g/mol. The molecule has 1 aromatic carbocycles. The van der Waals surface area contributed by atoms with E-state index in [1.165, 1.54) is 25.7 Å². The van der Waals surface area contributed by atoms with Gasteiger partial charge in [0.05, 0.1) is 10.6 Å². The van der Waals surface area contributed by atoms with Gasteiger partial charge in [0.2, 0.25) is 0 Å². The predicted molar refractivity (Wildman–Crippen MR) is 90.4 cm³/mol. The second kappa shape index (κ2) is 9.78. The van der Waals surface area contributed by atoms with Gasteiger partial charge in [-0.2, -0.15) is 0 Å². The van der Waals surface area contributed by atoms with Gasteiger partial charge in [-0.05, 0) is 38.3 Å². The van der Waals surface area contributed by atoms with Gasteiger partial charge in [-0.15, -0.1) is 6.58 Å². The van der Waals surface area contributed by atoms with Crippen molar-refractivity contribution in [2.45, 2.75) is 63.2 Å². The van der Waals surface area contributed by atoms with Crippen LogP contribution in [0.3, 0.4) is 0 Å². The monoisotopic (exact) mass is 308 g/mol. The zero-order valence-electron chi connectivity index (χ0n) is 13.2. The predicted octanol–water partition coefficient (Wildman–Crippen LogP) is 5.08. The Morgan fingerprint density at radius 1 is 0.905 bits per heavy atom. The van der Waals surface area contributed by atoms with Crippen LogP contribution in [0.2, 0.25) is 0 Å². The first kappa shape index (κ1) is 18.0. The minimum Gasteiger partial charge on any atom is -0.224 e. The van der Waals surface area contributed by atoms with Crippen LogP contribution in [0.1, 0.15) is 56.9 Å². The van der Waals surface area contributed by atoms with Crippen LogP contribution in [-0.2, 0) is 9.84 Å². The molecule has 0 saturated heterocycles. The van der Waals surface area contributed by atoms with Crippen LogP contribution in [-0.4, -0.2) is 14.2 Å². The Hall–Kier alpha value is -1.09. The molecule has 2 nitrogen and oxygen atoms in total. The molecule has 0 bridgehead atoms. The second-order valence-corrected chi connectivity index (χ2v) is 7.79. The van der Waals surface area contributed by atoms with Crippen LogP contribution in [0, 0.1) is 6.92 Å². The summed E-state index contributed by atoms with van der Waals surface area (Å²) < 4.78 is 24.3. The fraction of sp³-hybridized carbons (Fsp3) is 0.556. The normalized spacial score (nSPS) is 11.5. The van der Waals surface area contributed by atoms with Crippen molar-refractivity contribution < 1.29 is 8.42 Å². The van der Waals surface area contributed by atoms with Crippen LogP contribution in [0.5, 0.6) is 0 Å². The smallest absolute Gasteiger partial charge is 0.178 e. The van der Waals surface area contributed by atoms with Crippen molar-refractivity contribution in [3.05, 3.63) is 42.5 Å². The van der Waals surface area contributed by atoms with Crippen LogP contribution in [0.4, 0.5) is 0 Å². The number of benzene rings is 1. The Morgan fingerprint density at radius 2 is 1.43 bits per heavy atom. The van der Waals surface area contributed by atoms with Gasteiger partial charge >= 0.3 is 0 Å². The molecule has 0 aliphatic rings. The Morgan fingerprint density at radius 3 is 2.00 bits per heavy atom. The number of rotatable bonds is 11. The molecule has 0 aliphatic heterocycles. The highest BCUT2D eigenvalue weighted by Gasteiger charge is 2.13. The van der Waals surface area contributed by atoms with Crippen LogP contribution in [0.25, 0.3) is 0 Å². The fourth-order valence-corrected chi connectivity index (χ4v) is 3.70. The van der Waals surface area contributed by atoms with Crippen molar-refractivity contribution in [1.29, 1.82) is 0 Å². The Balaban J connectivity index is 2.17. The standard InChI is InChI=1S/C18H28O2S/c1-3-4-5-6-7-8-9-10-11-16-21(19,20)18-14-12-17(2)13-15-18/h3,12-15H,1,4-11,16H2,2H3. The molecular formula is C18H28O2S. The largest absolute Gasteiger partial charge is 0.224 e. The molecule has 0 unspecified atom stereocenters. The van der Waals surface area contributed by atoms with E-state index in [9.17, 15) is 8.42 Å². The molecule has 0 radical (unpaired) electrons. The van der Waals surface area contributed by atoms with E-state index in [4.69, 9.17) is 0 Å². The summed E-state index contributed by atoms with van der Waals surface area (Å²) in [6.07, 6.45) is 10.9. The molecule has 0 amide bonds. The third kappa shape index (κ3) is 7.47. The van der Waals surface area contributed by atoms with Gasteiger partial charge in [0.15, 0.2) is 9.84 Å². The van der Waals surface area contributed by atoms with E-state index in [2.05, 4.69) is 6.58 Å². The van der Waals surface area contributed by atoms with Crippen LogP contribution >= 0.6 is 0 Å². The highest BCUT2D eigenvalue weighted by molar-refractivity contribution is 7.91. The lowest BCUT2D eigenvalue weighted by Gasteiger charge is -2.05. The van der Waals surface area contributed by atoms with E-state index in [1.807, 2.05) is 25.1 Å². The minimum atomic E-state index is -3.09. The Bertz CT molecular complexity index is 501. The third-order valence-corrected chi connectivity index (χ3v) is 5.52. The van der Waals surface area contributed by atoms with E-state index in [0.29, 0.717) is 4.90 Å². The summed E-state index contributed by atoms with van der Waals surface area (Å²) in [7, 11) is -3.09. The van der Waals surface area contributed by atoms with Crippen molar-refractivity contribution in [3.8, 4) is 0 Å². The van der Waals surface area contributed by atoms with E-state index in [-0.39, 0.29) is 5.75 Å². The van der Waals surface area contributed by atoms with Gasteiger partial charge in [0, 0.05) is 0 Å². The van der Waals surface area contributed by atoms with Crippen LogP contribution in [0.15, 0.2) is 41.8 Å². The molecule has 0 fully saturated rings. The Labute approximate surface area is 130 Å². The van der Waals surface area contributed by atoms with Gasteiger partial charge in [0.25, 0.3) is 0 Å². The summed E-state index contributed by atoms with van der Waals surface area (Å²) in [5.74, 6) is 0.270. The Kier molecular flexibility index (Phi) is 8.36. The van der Waals surface area contributed by atoms with Gasteiger partial charge in [-0.25, -0.2) is 8.42 Å². The summed E-state index contributed by atoms with van der Waals surface area (Å²) in [5, 5.41) is 0. The second-order valence-electron chi connectivity index (χ2n) is 5.68. The van der Waals surface area contributed by atoms with Crippen molar-refractivity contribution in [2.24, 2.45) is 0 Å². The van der Waals surface area contributed by atoms with E-state index < -0.39 is 9.84 Å². The number of hydrogen-bond donors (Lipinski definition) is 0. The maximum atomic E-state index is 12.1. The molecule has 0 aromatic heterocycles. The minimum absolute atomic E-state index is 0.270. The van der Waals surface area contributed by atoms with E-state index >= 15 is 0 Å². The molecule has 3 heteroatoms. The molecule has 1 aromatic rings. The zero-order valence-corrected chi connectivity index (χ0v) is 14.0. The summed E-state index contributed by atoms with van der Waals surface area (Å²) in [6.45, 7) is 5.68. The fourth-order valence-electron chi connectivity index (χ4n) is 2.33. The average molecular weight is 308 g/mol. The molecule has 0 atom stereocenters.